The molecule has 2 N–H and O–H groups in total. The second-order valence-corrected chi connectivity index (χ2v) is 8.21. The molecule has 2 aromatic heterocycles. The van der Waals surface area contributed by atoms with Crippen molar-refractivity contribution >= 4 is 34.3 Å². The van der Waals surface area contributed by atoms with Crippen LogP contribution >= 0.6 is 11.3 Å². The lowest BCUT2D eigenvalue weighted by Crippen LogP contribution is -2.15. The summed E-state index contributed by atoms with van der Waals surface area (Å²) in [6.07, 6.45) is 5.67. The van der Waals surface area contributed by atoms with Crippen LogP contribution in [0.15, 0.2) is 42.1 Å². The zero-order valence-corrected chi connectivity index (χ0v) is 19.0. The molecule has 1 aromatic carbocycles. The molecule has 0 unspecified atom stereocenters. The topological polar surface area (TPSA) is 108 Å². The highest BCUT2D eigenvalue weighted by molar-refractivity contribution is 7.16. The van der Waals surface area contributed by atoms with Gasteiger partial charge in [-0.2, -0.15) is 10.4 Å². The minimum absolute atomic E-state index is 0.0981. The number of esters is 1. The summed E-state index contributed by atoms with van der Waals surface area (Å²) in [6, 6.07) is 11.7. The van der Waals surface area contributed by atoms with Gasteiger partial charge in [0.25, 0.3) is 5.91 Å². The zero-order chi connectivity index (χ0) is 23.1. The Labute approximate surface area is 190 Å². The number of nitrogens with zero attached hydrogens (tertiary/aromatic N) is 2. The SMILES string of the molecule is CCCc1cc(C(=O)OC)c(NC(=O)C(C#N)=Cc2cn[nH]c2-c2ccc(CC)cc2)s1. The number of amides is 1. The van der Waals surface area contributed by atoms with Crippen molar-refractivity contribution in [1.82, 2.24) is 10.2 Å². The second kappa shape index (κ2) is 10.6. The van der Waals surface area contributed by atoms with Crippen molar-refractivity contribution in [3.63, 3.8) is 0 Å². The van der Waals surface area contributed by atoms with E-state index in [1.54, 1.807) is 12.3 Å². The Kier molecular flexibility index (Phi) is 7.58. The molecule has 0 bridgehead atoms. The van der Waals surface area contributed by atoms with Crippen molar-refractivity contribution in [2.24, 2.45) is 0 Å². The molecule has 0 aliphatic rings. The van der Waals surface area contributed by atoms with Crippen molar-refractivity contribution < 1.29 is 14.3 Å². The van der Waals surface area contributed by atoms with Crippen LogP contribution in [0, 0.1) is 11.3 Å². The molecule has 3 rings (SSSR count). The lowest BCUT2D eigenvalue weighted by Gasteiger charge is -2.05. The van der Waals surface area contributed by atoms with Gasteiger partial charge in [-0.25, -0.2) is 4.79 Å². The monoisotopic (exact) mass is 448 g/mol. The first kappa shape index (κ1) is 23.0. The summed E-state index contributed by atoms with van der Waals surface area (Å²) in [5.74, 6) is -1.13. The fourth-order valence-corrected chi connectivity index (χ4v) is 4.32. The summed E-state index contributed by atoms with van der Waals surface area (Å²) < 4.78 is 4.83. The Balaban J connectivity index is 1.89. The number of hydrogen-bond donors (Lipinski definition) is 2. The Morgan fingerprint density at radius 2 is 2.03 bits per heavy atom. The normalized spacial score (nSPS) is 11.1. The van der Waals surface area contributed by atoms with Crippen LogP contribution in [0.2, 0.25) is 0 Å². The number of ether oxygens (including phenoxy) is 1. The molecule has 32 heavy (non-hydrogen) atoms. The van der Waals surface area contributed by atoms with E-state index in [2.05, 4.69) is 22.4 Å². The van der Waals surface area contributed by atoms with Crippen LogP contribution in [0.25, 0.3) is 17.3 Å². The first-order valence-electron chi connectivity index (χ1n) is 10.3. The minimum Gasteiger partial charge on any atom is -0.465 e. The Hall–Kier alpha value is -3.70. The van der Waals surface area contributed by atoms with Gasteiger partial charge in [-0.15, -0.1) is 11.3 Å². The maximum atomic E-state index is 12.9. The molecule has 8 heteroatoms. The van der Waals surface area contributed by atoms with Crippen molar-refractivity contribution in [3.05, 3.63) is 63.7 Å². The number of aryl methyl sites for hydroxylation is 2. The number of nitrogens with one attached hydrogen (secondary N) is 2. The third kappa shape index (κ3) is 5.13. The van der Waals surface area contributed by atoms with Crippen molar-refractivity contribution in [1.29, 1.82) is 5.26 Å². The number of aromatic amines is 1. The third-order valence-corrected chi connectivity index (χ3v) is 6.01. The van der Waals surface area contributed by atoms with Gasteiger partial charge in [0.15, 0.2) is 0 Å². The third-order valence-electron chi connectivity index (χ3n) is 4.90. The van der Waals surface area contributed by atoms with Crippen LogP contribution in [0.4, 0.5) is 5.00 Å². The fourth-order valence-electron chi connectivity index (χ4n) is 3.18. The highest BCUT2D eigenvalue weighted by atomic mass is 32.1. The highest BCUT2D eigenvalue weighted by Gasteiger charge is 2.20. The molecule has 3 aromatic rings. The zero-order valence-electron chi connectivity index (χ0n) is 18.2. The predicted molar refractivity (Wildman–Crippen MR) is 125 cm³/mol. The predicted octanol–water partition coefficient (Wildman–Crippen LogP) is 4.99. The smallest absolute Gasteiger partial charge is 0.340 e. The average Bonchev–Trinajstić information content (AvgIpc) is 3.44. The van der Waals surface area contributed by atoms with E-state index in [-0.39, 0.29) is 11.1 Å². The van der Waals surface area contributed by atoms with E-state index in [1.807, 2.05) is 37.3 Å². The summed E-state index contributed by atoms with van der Waals surface area (Å²) in [4.78, 5) is 25.9. The van der Waals surface area contributed by atoms with Crippen molar-refractivity contribution in [2.75, 3.05) is 12.4 Å². The number of carbonyl (C=O) groups excluding carboxylic acids is 2. The molecule has 0 spiro atoms. The van der Waals surface area contributed by atoms with Crippen LogP contribution in [0.3, 0.4) is 0 Å². The fraction of sp³-hybridized carbons (Fsp3) is 0.250. The van der Waals surface area contributed by atoms with E-state index in [0.717, 1.165) is 29.7 Å². The average molecular weight is 449 g/mol. The second-order valence-electron chi connectivity index (χ2n) is 7.07. The number of nitriles is 1. The van der Waals surface area contributed by atoms with E-state index in [9.17, 15) is 14.9 Å². The molecular formula is C24H24N4O3S. The Morgan fingerprint density at radius 1 is 1.28 bits per heavy atom. The van der Waals surface area contributed by atoms with Crippen LogP contribution in [0.5, 0.6) is 0 Å². The lowest BCUT2D eigenvalue weighted by atomic mass is 10.0. The Morgan fingerprint density at radius 3 is 2.66 bits per heavy atom. The number of methoxy groups -OCH3 is 1. The molecule has 0 atom stereocenters. The molecular weight excluding hydrogens is 424 g/mol. The quantitative estimate of drug-likeness (QED) is 0.287. The molecule has 0 radical (unpaired) electrons. The lowest BCUT2D eigenvalue weighted by molar-refractivity contribution is -0.112. The first-order chi connectivity index (χ1) is 15.5. The van der Waals surface area contributed by atoms with Gasteiger partial charge in [0, 0.05) is 16.0 Å². The maximum absolute atomic E-state index is 12.9. The van der Waals surface area contributed by atoms with Gasteiger partial charge in [-0.05, 0) is 30.5 Å². The number of benzene rings is 1. The van der Waals surface area contributed by atoms with Gasteiger partial charge in [-0.3, -0.25) is 9.89 Å². The highest BCUT2D eigenvalue weighted by Crippen LogP contribution is 2.30. The summed E-state index contributed by atoms with van der Waals surface area (Å²) in [7, 11) is 1.29. The minimum atomic E-state index is -0.601. The van der Waals surface area contributed by atoms with Crippen molar-refractivity contribution in [2.45, 2.75) is 33.1 Å². The van der Waals surface area contributed by atoms with Gasteiger partial charge in [0.2, 0.25) is 0 Å². The molecule has 1 amide bonds. The molecule has 0 aliphatic heterocycles. The Bertz CT molecular complexity index is 1180. The molecule has 0 fully saturated rings. The van der Waals surface area contributed by atoms with Gasteiger partial charge in [-0.1, -0.05) is 44.5 Å². The van der Waals surface area contributed by atoms with Crippen LogP contribution in [0.1, 0.15) is 46.6 Å². The number of thiophene rings is 1. The maximum Gasteiger partial charge on any atom is 0.340 e. The van der Waals surface area contributed by atoms with E-state index in [0.29, 0.717) is 16.3 Å². The largest absolute Gasteiger partial charge is 0.465 e. The van der Waals surface area contributed by atoms with Gasteiger partial charge >= 0.3 is 5.97 Å². The standard InChI is InChI=1S/C24H24N4O3S/c1-4-6-19-12-20(24(30)31-3)23(32-19)27-22(29)17(13-25)11-18-14-26-28-21(18)16-9-7-15(5-2)8-10-16/h7-12,14H,4-6H2,1-3H3,(H,26,28)(H,27,29). The molecule has 0 aliphatic carbocycles. The van der Waals surface area contributed by atoms with Crippen LogP contribution in [-0.2, 0) is 22.4 Å². The van der Waals surface area contributed by atoms with Crippen LogP contribution < -0.4 is 5.32 Å². The molecule has 0 saturated heterocycles. The van der Waals surface area contributed by atoms with E-state index in [4.69, 9.17) is 4.74 Å². The first-order valence-corrected chi connectivity index (χ1v) is 11.1. The molecule has 2 heterocycles. The van der Waals surface area contributed by atoms with Gasteiger partial charge in [0.05, 0.1) is 24.6 Å². The summed E-state index contributed by atoms with van der Waals surface area (Å²) >= 11 is 1.31. The number of H-pyrrole nitrogens is 1. The van der Waals surface area contributed by atoms with E-state index in [1.165, 1.54) is 30.1 Å². The number of carbonyl (C=O) groups is 2. The number of hydrogen-bond acceptors (Lipinski definition) is 6. The number of aromatic nitrogens is 2. The van der Waals surface area contributed by atoms with E-state index < -0.39 is 11.9 Å². The molecule has 7 nitrogen and oxygen atoms in total. The summed E-state index contributed by atoms with van der Waals surface area (Å²) in [6.45, 7) is 4.12. The molecule has 0 saturated carbocycles. The number of anilines is 1. The van der Waals surface area contributed by atoms with Gasteiger partial charge in [0.1, 0.15) is 16.6 Å². The van der Waals surface area contributed by atoms with E-state index >= 15 is 0 Å². The summed E-state index contributed by atoms with van der Waals surface area (Å²) in [5.41, 5.74) is 3.63. The van der Waals surface area contributed by atoms with Crippen LogP contribution in [-0.4, -0.2) is 29.2 Å². The molecule has 164 valence electrons. The number of rotatable bonds is 8. The summed E-state index contributed by atoms with van der Waals surface area (Å²) in [5, 5.41) is 19.7. The van der Waals surface area contributed by atoms with Gasteiger partial charge < -0.3 is 10.1 Å². The van der Waals surface area contributed by atoms with Crippen molar-refractivity contribution in [3.8, 4) is 17.3 Å².